The molecule has 1 heterocycles. The minimum atomic E-state index is -0.925. The van der Waals surface area contributed by atoms with E-state index in [2.05, 4.69) is 4.99 Å². The van der Waals surface area contributed by atoms with E-state index in [0.717, 1.165) is 0 Å². The zero-order chi connectivity index (χ0) is 21.3. The van der Waals surface area contributed by atoms with Crippen LogP contribution in [0.3, 0.4) is 0 Å². The van der Waals surface area contributed by atoms with Gasteiger partial charge in [0.1, 0.15) is 11.7 Å². The molecule has 0 spiro atoms. The SMILES string of the molecule is CCOC(=O)C1=C(C)N=C2C[C@@H](C)[C@@H](C(=O)OC)C(=O)[C@@H]2[C@@H]1c1cccc(O)c1. The number of rotatable bonds is 4. The van der Waals surface area contributed by atoms with Crippen molar-refractivity contribution >= 4 is 23.4 Å². The second-order valence-electron chi connectivity index (χ2n) is 7.46. The number of aromatic hydroxyl groups is 1. The number of ether oxygens (including phenoxy) is 2. The van der Waals surface area contributed by atoms with E-state index in [1.807, 2.05) is 6.92 Å². The Balaban J connectivity index is 2.18. The largest absolute Gasteiger partial charge is 0.508 e. The predicted octanol–water partition coefficient (Wildman–Crippen LogP) is 2.78. The first-order valence-electron chi connectivity index (χ1n) is 9.65. The Morgan fingerprint density at radius 3 is 2.62 bits per heavy atom. The lowest BCUT2D eigenvalue weighted by molar-refractivity contribution is -0.152. The minimum absolute atomic E-state index is 0.0218. The topological polar surface area (TPSA) is 102 Å². The molecule has 1 aliphatic heterocycles. The number of allylic oxidation sites excluding steroid dienone is 1. The van der Waals surface area contributed by atoms with Crippen molar-refractivity contribution in [1.29, 1.82) is 0 Å². The van der Waals surface area contributed by atoms with Crippen LogP contribution < -0.4 is 0 Å². The number of carbonyl (C=O) groups excluding carboxylic acids is 3. The van der Waals surface area contributed by atoms with Crippen molar-refractivity contribution in [3.63, 3.8) is 0 Å². The molecule has 0 bridgehead atoms. The third-order valence-electron chi connectivity index (χ3n) is 5.60. The van der Waals surface area contributed by atoms with E-state index in [9.17, 15) is 19.5 Å². The van der Waals surface area contributed by atoms with Crippen molar-refractivity contribution in [2.24, 2.45) is 22.7 Å². The molecule has 29 heavy (non-hydrogen) atoms. The van der Waals surface area contributed by atoms with E-state index >= 15 is 0 Å². The summed E-state index contributed by atoms with van der Waals surface area (Å²) < 4.78 is 10.1. The Kier molecular flexibility index (Phi) is 5.86. The number of nitrogens with zero attached hydrogens (tertiary/aromatic N) is 1. The highest BCUT2D eigenvalue weighted by atomic mass is 16.5. The number of ketones is 1. The van der Waals surface area contributed by atoms with Crippen molar-refractivity contribution in [1.82, 2.24) is 0 Å². The van der Waals surface area contributed by atoms with Crippen molar-refractivity contribution in [2.45, 2.75) is 33.1 Å². The molecule has 0 radical (unpaired) electrons. The second-order valence-corrected chi connectivity index (χ2v) is 7.46. The van der Waals surface area contributed by atoms with Crippen molar-refractivity contribution in [3.8, 4) is 5.75 Å². The normalized spacial score (nSPS) is 26.5. The number of carbonyl (C=O) groups is 3. The Labute approximate surface area is 169 Å². The van der Waals surface area contributed by atoms with Crippen molar-refractivity contribution < 1.29 is 29.0 Å². The summed E-state index contributed by atoms with van der Waals surface area (Å²) >= 11 is 0. The molecule has 0 unspecified atom stereocenters. The first-order chi connectivity index (χ1) is 13.8. The molecule has 1 fully saturated rings. The van der Waals surface area contributed by atoms with Crippen LogP contribution in [-0.4, -0.2) is 42.3 Å². The van der Waals surface area contributed by atoms with Crippen LogP contribution in [0.25, 0.3) is 0 Å². The molecular formula is C22H25NO6. The van der Waals surface area contributed by atoms with Gasteiger partial charge in [0.15, 0.2) is 5.78 Å². The summed E-state index contributed by atoms with van der Waals surface area (Å²) in [6.07, 6.45) is 0.443. The maximum Gasteiger partial charge on any atom is 0.336 e. The first-order valence-corrected chi connectivity index (χ1v) is 9.65. The van der Waals surface area contributed by atoms with Gasteiger partial charge in [-0.25, -0.2) is 4.79 Å². The van der Waals surface area contributed by atoms with Crippen molar-refractivity contribution in [3.05, 3.63) is 41.1 Å². The maximum atomic E-state index is 13.5. The van der Waals surface area contributed by atoms with Gasteiger partial charge in [-0.3, -0.25) is 14.6 Å². The Morgan fingerprint density at radius 2 is 2.00 bits per heavy atom. The van der Waals surface area contributed by atoms with Crippen LogP contribution in [-0.2, 0) is 23.9 Å². The summed E-state index contributed by atoms with van der Waals surface area (Å²) in [7, 11) is 1.26. The van der Waals surface area contributed by atoms with Gasteiger partial charge in [-0.05, 0) is 43.9 Å². The van der Waals surface area contributed by atoms with Gasteiger partial charge in [0.25, 0.3) is 0 Å². The number of phenolic OH excluding ortho intramolecular Hbond substituents is 1. The fraction of sp³-hybridized carbons (Fsp3) is 0.455. The van der Waals surface area contributed by atoms with Crippen LogP contribution in [0.2, 0.25) is 0 Å². The smallest absolute Gasteiger partial charge is 0.336 e. The van der Waals surface area contributed by atoms with E-state index in [1.54, 1.807) is 26.0 Å². The molecule has 1 aromatic carbocycles. The first kappa shape index (κ1) is 20.8. The van der Waals surface area contributed by atoms with Crippen LogP contribution in [0.15, 0.2) is 40.5 Å². The Hall–Kier alpha value is -2.96. The molecule has 0 aromatic heterocycles. The van der Waals surface area contributed by atoms with Crippen molar-refractivity contribution in [2.75, 3.05) is 13.7 Å². The fourth-order valence-electron chi connectivity index (χ4n) is 4.39. The average molecular weight is 399 g/mol. The lowest BCUT2D eigenvalue weighted by Gasteiger charge is -2.40. The second kappa shape index (κ2) is 8.19. The highest BCUT2D eigenvalue weighted by molar-refractivity contribution is 6.17. The number of fused-ring (bicyclic) bond motifs is 1. The molecular weight excluding hydrogens is 374 g/mol. The molecule has 1 saturated carbocycles. The highest BCUT2D eigenvalue weighted by Crippen LogP contribution is 2.46. The summed E-state index contributed by atoms with van der Waals surface area (Å²) in [5.74, 6) is -4.11. The number of benzene rings is 1. The molecule has 0 saturated heterocycles. The van der Waals surface area contributed by atoms with Gasteiger partial charge >= 0.3 is 11.9 Å². The molecule has 3 rings (SSSR count). The maximum absolute atomic E-state index is 13.5. The number of methoxy groups -OCH3 is 1. The Morgan fingerprint density at radius 1 is 1.28 bits per heavy atom. The zero-order valence-electron chi connectivity index (χ0n) is 17.0. The van der Waals surface area contributed by atoms with Crippen LogP contribution in [0.1, 0.15) is 38.7 Å². The van der Waals surface area contributed by atoms with Crippen LogP contribution in [0.4, 0.5) is 0 Å². The van der Waals surface area contributed by atoms with Crippen LogP contribution in [0.5, 0.6) is 5.75 Å². The standard InChI is InChI=1S/C22H25NO6/c1-5-29-22(27)17-12(3)23-15-9-11(2)16(21(26)28-4)20(25)19(15)18(17)13-7-6-8-14(24)10-13/h6-8,10-11,16,18-19,24H,5,9H2,1-4H3/t11-,16-,18-,19+/m1/s1. The summed E-state index contributed by atoms with van der Waals surface area (Å²) in [5, 5.41) is 10.00. The number of esters is 2. The molecule has 1 aromatic rings. The minimum Gasteiger partial charge on any atom is -0.508 e. The molecule has 2 aliphatic rings. The number of hydrogen-bond acceptors (Lipinski definition) is 7. The summed E-state index contributed by atoms with van der Waals surface area (Å²) in [6.45, 7) is 5.42. The molecule has 0 amide bonds. The van der Waals surface area contributed by atoms with E-state index in [1.165, 1.54) is 19.2 Å². The van der Waals surface area contributed by atoms with Gasteiger partial charge in [0.2, 0.25) is 0 Å². The van der Waals surface area contributed by atoms with Crippen LogP contribution >= 0.6 is 0 Å². The predicted molar refractivity (Wildman–Crippen MR) is 105 cm³/mol. The third kappa shape index (κ3) is 3.69. The van der Waals surface area contributed by atoms with Gasteiger partial charge < -0.3 is 14.6 Å². The number of aliphatic imine (C=N–C) groups is 1. The molecule has 4 atom stereocenters. The monoisotopic (exact) mass is 399 g/mol. The molecule has 1 N–H and O–H groups in total. The lowest BCUT2D eigenvalue weighted by atomic mass is 9.64. The van der Waals surface area contributed by atoms with E-state index in [-0.39, 0.29) is 29.6 Å². The van der Waals surface area contributed by atoms with E-state index in [0.29, 0.717) is 23.4 Å². The average Bonchev–Trinajstić information content (AvgIpc) is 2.66. The van der Waals surface area contributed by atoms with Gasteiger partial charge in [-0.1, -0.05) is 19.1 Å². The van der Waals surface area contributed by atoms with Gasteiger partial charge in [-0.15, -0.1) is 0 Å². The summed E-state index contributed by atoms with van der Waals surface area (Å²) in [5.41, 5.74) is 2.00. The summed E-state index contributed by atoms with van der Waals surface area (Å²) in [6, 6.07) is 6.45. The quantitative estimate of drug-likeness (QED) is 0.617. The summed E-state index contributed by atoms with van der Waals surface area (Å²) in [4.78, 5) is 43.1. The van der Waals surface area contributed by atoms with Gasteiger partial charge in [0.05, 0.1) is 25.2 Å². The number of Topliss-reactive ketones (excluding diaryl/α,β-unsaturated/α-hetero) is 1. The number of phenols is 1. The van der Waals surface area contributed by atoms with E-state index in [4.69, 9.17) is 9.47 Å². The zero-order valence-corrected chi connectivity index (χ0v) is 17.0. The van der Waals surface area contributed by atoms with Gasteiger partial charge in [-0.2, -0.15) is 0 Å². The molecule has 7 heteroatoms. The van der Waals surface area contributed by atoms with Crippen LogP contribution in [0, 0.1) is 17.8 Å². The molecule has 1 aliphatic carbocycles. The lowest BCUT2D eigenvalue weighted by Crippen LogP contribution is -2.48. The molecule has 7 nitrogen and oxygen atoms in total. The Bertz CT molecular complexity index is 916. The third-order valence-corrected chi connectivity index (χ3v) is 5.60. The highest BCUT2D eigenvalue weighted by Gasteiger charge is 2.51. The fourth-order valence-corrected chi connectivity index (χ4v) is 4.39. The number of hydrogen-bond donors (Lipinski definition) is 1. The van der Waals surface area contributed by atoms with E-state index < -0.39 is 29.7 Å². The molecule has 154 valence electrons. The van der Waals surface area contributed by atoms with Gasteiger partial charge in [0, 0.05) is 17.3 Å².